The van der Waals surface area contributed by atoms with Crippen LogP contribution in [0.5, 0.6) is 0 Å². The Balaban J connectivity index is 2.24. The van der Waals surface area contributed by atoms with Gasteiger partial charge in [-0.05, 0) is 25.7 Å². The normalized spacial score (nSPS) is 17.4. The smallest absolute Gasteiger partial charge is 0.358 e. The zero-order chi connectivity index (χ0) is 13.1. The van der Waals surface area contributed by atoms with Crippen LogP contribution in [0.25, 0.3) is 0 Å². The number of aromatic nitrogens is 3. The standard InChI is InChI=1S/C12H19N3O3/c1-8(9-4-3-5-9)15-10(6-7-18-2)11(12(16)17)13-14-15/h8-9H,3-7H2,1-2H3,(H,16,17). The number of rotatable bonds is 6. The van der Waals surface area contributed by atoms with Gasteiger partial charge in [-0.25, -0.2) is 9.48 Å². The van der Waals surface area contributed by atoms with Crippen LogP contribution < -0.4 is 0 Å². The van der Waals surface area contributed by atoms with Crippen LogP contribution in [-0.2, 0) is 11.2 Å². The first-order valence-electron chi connectivity index (χ1n) is 6.31. The molecule has 2 rings (SSSR count). The summed E-state index contributed by atoms with van der Waals surface area (Å²) in [7, 11) is 1.60. The van der Waals surface area contributed by atoms with E-state index in [4.69, 9.17) is 9.84 Å². The molecule has 1 aromatic rings. The summed E-state index contributed by atoms with van der Waals surface area (Å²) in [5.74, 6) is -0.428. The van der Waals surface area contributed by atoms with Gasteiger partial charge in [-0.3, -0.25) is 0 Å². The summed E-state index contributed by atoms with van der Waals surface area (Å²) < 4.78 is 6.79. The average molecular weight is 253 g/mol. The molecule has 18 heavy (non-hydrogen) atoms. The molecule has 1 fully saturated rings. The topological polar surface area (TPSA) is 77.2 Å². The minimum atomic E-state index is -1.02. The molecule has 100 valence electrons. The Kier molecular flexibility index (Phi) is 3.96. The van der Waals surface area contributed by atoms with Gasteiger partial charge in [0.2, 0.25) is 0 Å². The second-order valence-corrected chi connectivity index (χ2v) is 4.81. The maximum Gasteiger partial charge on any atom is 0.358 e. The number of hydrogen-bond donors (Lipinski definition) is 1. The first-order chi connectivity index (χ1) is 8.65. The zero-order valence-electron chi connectivity index (χ0n) is 10.8. The van der Waals surface area contributed by atoms with Gasteiger partial charge in [-0.15, -0.1) is 5.10 Å². The van der Waals surface area contributed by atoms with E-state index in [1.807, 2.05) is 0 Å². The molecule has 1 aromatic heterocycles. The molecule has 1 N–H and O–H groups in total. The molecule has 0 aromatic carbocycles. The van der Waals surface area contributed by atoms with Crippen LogP contribution in [0.15, 0.2) is 0 Å². The highest BCUT2D eigenvalue weighted by Crippen LogP contribution is 2.36. The molecule has 1 unspecified atom stereocenters. The summed E-state index contributed by atoms with van der Waals surface area (Å²) in [6.45, 7) is 2.56. The molecule has 0 radical (unpaired) electrons. The number of hydrogen-bond acceptors (Lipinski definition) is 4. The van der Waals surface area contributed by atoms with Gasteiger partial charge in [-0.2, -0.15) is 0 Å². The first-order valence-corrected chi connectivity index (χ1v) is 6.31. The molecule has 1 saturated carbocycles. The molecule has 1 aliphatic rings. The van der Waals surface area contributed by atoms with Crippen molar-refractivity contribution < 1.29 is 14.6 Å². The molecule has 6 heteroatoms. The Morgan fingerprint density at radius 1 is 1.61 bits per heavy atom. The van der Waals surface area contributed by atoms with Crippen LogP contribution in [0, 0.1) is 5.92 Å². The first kappa shape index (κ1) is 13.0. The second-order valence-electron chi connectivity index (χ2n) is 4.81. The van der Waals surface area contributed by atoms with E-state index < -0.39 is 5.97 Å². The summed E-state index contributed by atoms with van der Waals surface area (Å²) >= 11 is 0. The third-order valence-corrected chi connectivity index (χ3v) is 3.75. The molecular weight excluding hydrogens is 234 g/mol. The number of ether oxygens (including phenoxy) is 1. The summed E-state index contributed by atoms with van der Waals surface area (Å²) in [6.07, 6.45) is 4.16. The van der Waals surface area contributed by atoms with Gasteiger partial charge in [0.25, 0.3) is 0 Å². The largest absolute Gasteiger partial charge is 0.476 e. The lowest BCUT2D eigenvalue weighted by molar-refractivity contribution is 0.0688. The molecular formula is C12H19N3O3. The van der Waals surface area contributed by atoms with Crippen molar-refractivity contribution in [1.29, 1.82) is 0 Å². The van der Waals surface area contributed by atoms with Crippen molar-refractivity contribution in [3.05, 3.63) is 11.4 Å². The van der Waals surface area contributed by atoms with E-state index in [-0.39, 0.29) is 11.7 Å². The van der Waals surface area contributed by atoms with Crippen LogP contribution in [-0.4, -0.2) is 39.8 Å². The number of carboxylic acid groups (broad SMARTS) is 1. The lowest BCUT2D eigenvalue weighted by Gasteiger charge is -2.32. The lowest BCUT2D eigenvalue weighted by Crippen LogP contribution is -2.25. The van der Waals surface area contributed by atoms with Gasteiger partial charge in [0.1, 0.15) is 0 Å². The van der Waals surface area contributed by atoms with E-state index >= 15 is 0 Å². The fraction of sp³-hybridized carbons (Fsp3) is 0.750. The number of aromatic carboxylic acids is 1. The van der Waals surface area contributed by atoms with Gasteiger partial charge >= 0.3 is 5.97 Å². The van der Waals surface area contributed by atoms with Crippen LogP contribution in [0.4, 0.5) is 0 Å². The van der Waals surface area contributed by atoms with Crippen molar-refractivity contribution in [2.24, 2.45) is 5.92 Å². The Morgan fingerprint density at radius 2 is 2.33 bits per heavy atom. The van der Waals surface area contributed by atoms with Crippen molar-refractivity contribution in [2.45, 2.75) is 38.6 Å². The van der Waals surface area contributed by atoms with Crippen molar-refractivity contribution in [3.8, 4) is 0 Å². The average Bonchev–Trinajstić information content (AvgIpc) is 2.67. The van der Waals surface area contributed by atoms with Gasteiger partial charge in [-0.1, -0.05) is 11.6 Å². The van der Waals surface area contributed by atoms with E-state index in [1.54, 1.807) is 11.8 Å². The number of nitrogens with zero attached hydrogens (tertiary/aromatic N) is 3. The van der Waals surface area contributed by atoms with Crippen molar-refractivity contribution >= 4 is 5.97 Å². The predicted molar refractivity (Wildman–Crippen MR) is 64.6 cm³/mol. The van der Waals surface area contributed by atoms with E-state index in [0.717, 1.165) is 0 Å². The molecule has 0 spiro atoms. The molecule has 1 aliphatic carbocycles. The maximum absolute atomic E-state index is 11.1. The Labute approximate surface area is 106 Å². The van der Waals surface area contributed by atoms with Crippen molar-refractivity contribution in [1.82, 2.24) is 15.0 Å². The Bertz CT molecular complexity index is 426. The number of methoxy groups -OCH3 is 1. The molecule has 0 bridgehead atoms. The van der Waals surface area contributed by atoms with E-state index in [2.05, 4.69) is 17.2 Å². The van der Waals surface area contributed by atoms with Crippen molar-refractivity contribution in [3.63, 3.8) is 0 Å². The fourth-order valence-electron chi connectivity index (χ4n) is 2.36. The van der Waals surface area contributed by atoms with Crippen molar-refractivity contribution in [2.75, 3.05) is 13.7 Å². The van der Waals surface area contributed by atoms with Gasteiger partial charge in [0.05, 0.1) is 18.3 Å². The minimum Gasteiger partial charge on any atom is -0.476 e. The van der Waals surface area contributed by atoms with Crippen LogP contribution in [0.3, 0.4) is 0 Å². The molecule has 0 saturated heterocycles. The van der Waals surface area contributed by atoms with Crippen LogP contribution >= 0.6 is 0 Å². The van der Waals surface area contributed by atoms with Gasteiger partial charge in [0, 0.05) is 13.5 Å². The monoisotopic (exact) mass is 253 g/mol. The third-order valence-electron chi connectivity index (χ3n) is 3.75. The second kappa shape index (κ2) is 5.48. The minimum absolute atomic E-state index is 0.0539. The SMILES string of the molecule is COCCc1c(C(=O)O)nnn1C(C)C1CCC1. The Morgan fingerprint density at radius 3 is 2.83 bits per heavy atom. The van der Waals surface area contributed by atoms with Crippen LogP contribution in [0.1, 0.15) is 48.4 Å². The summed E-state index contributed by atoms with van der Waals surface area (Å²) in [5.41, 5.74) is 0.724. The highest BCUT2D eigenvalue weighted by atomic mass is 16.5. The maximum atomic E-state index is 11.1. The molecule has 1 atom stereocenters. The summed E-state index contributed by atoms with van der Waals surface area (Å²) in [4.78, 5) is 11.1. The van der Waals surface area contributed by atoms with Gasteiger partial charge in [0.15, 0.2) is 5.69 Å². The molecule has 6 nitrogen and oxygen atoms in total. The quantitative estimate of drug-likeness (QED) is 0.831. The molecule has 0 amide bonds. The highest BCUT2D eigenvalue weighted by Gasteiger charge is 2.29. The molecule has 0 aliphatic heterocycles. The molecule has 1 heterocycles. The summed E-state index contributed by atoms with van der Waals surface area (Å²) in [5, 5.41) is 16.9. The van der Waals surface area contributed by atoms with E-state index in [1.165, 1.54) is 19.3 Å². The van der Waals surface area contributed by atoms with Gasteiger partial charge < -0.3 is 9.84 Å². The number of carbonyl (C=O) groups is 1. The third kappa shape index (κ3) is 2.38. The van der Waals surface area contributed by atoms with Crippen LogP contribution in [0.2, 0.25) is 0 Å². The summed E-state index contributed by atoms with van der Waals surface area (Å²) in [6, 6.07) is 0.214. The number of carboxylic acids is 1. The zero-order valence-corrected chi connectivity index (χ0v) is 10.8. The fourth-order valence-corrected chi connectivity index (χ4v) is 2.36. The van der Waals surface area contributed by atoms with E-state index in [0.29, 0.717) is 24.6 Å². The lowest BCUT2D eigenvalue weighted by atomic mass is 9.80. The predicted octanol–water partition coefficient (Wildman–Crippen LogP) is 1.53. The Hall–Kier alpha value is -1.43. The van der Waals surface area contributed by atoms with E-state index in [9.17, 15) is 4.79 Å². The highest BCUT2D eigenvalue weighted by molar-refractivity contribution is 5.86.